The largest absolute Gasteiger partial charge is 0.497 e. The minimum absolute atomic E-state index is 0.799. The Bertz CT molecular complexity index is 1060. The zero-order valence-electron chi connectivity index (χ0n) is 16.1. The van der Waals surface area contributed by atoms with Gasteiger partial charge in [0.25, 0.3) is 0 Å². The van der Waals surface area contributed by atoms with E-state index in [-0.39, 0.29) is 0 Å². The standard InChI is InChI=1S/2C11H10O2S/c2*1-7-9-5-8(13-2)3-4-10(9)14-11(7)6-12/h2*3-6H,1-2H3. The average Bonchev–Trinajstić information content (AvgIpc) is 3.24. The van der Waals surface area contributed by atoms with Crippen LogP contribution in [0.15, 0.2) is 36.4 Å². The van der Waals surface area contributed by atoms with Crippen molar-refractivity contribution in [3.05, 3.63) is 57.3 Å². The fourth-order valence-corrected chi connectivity index (χ4v) is 4.93. The predicted molar refractivity (Wildman–Crippen MR) is 117 cm³/mol. The minimum atomic E-state index is 0.799. The summed E-state index contributed by atoms with van der Waals surface area (Å²) in [6.45, 7) is 3.92. The number of ether oxygens (including phenoxy) is 2. The third kappa shape index (κ3) is 3.79. The molecule has 0 saturated carbocycles. The van der Waals surface area contributed by atoms with Crippen molar-refractivity contribution in [3.63, 3.8) is 0 Å². The number of fused-ring (bicyclic) bond motifs is 2. The van der Waals surface area contributed by atoms with E-state index >= 15 is 0 Å². The predicted octanol–water partition coefficient (Wildman–Crippen LogP) is 6.06. The fraction of sp³-hybridized carbons (Fsp3) is 0.182. The molecule has 2 heterocycles. The molecule has 2 aromatic heterocycles. The lowest BCUT2D eigenvalue weighted by atomic mass is 10.1. The number of rotatable bonds is 4. The van der Waals surface area contributed by atoms with Crippen molar-refractivity contribution in [3.8, 4) is 11.5 Å². The molecule has 6 heteroatoms. The Labute approximate surface area is 171 Å². The van der Waals surface area contributed by atoms with Gasteiger partial charge in [0.1, 0.15) is 11.5 Å². The summed E-state index contributed by atoms with van der Waals surface area (Å²) in [4.78, 5) is 23.1. The Hall–Kier alpha value is -2.70. The van der Waals surface area contributed by atoms with Crippen LogP contribution in [0.3, 0.4) is 0 Å². The van der Waals surface area contributed by atoms with Crippen LogP contribution < -0.4 is 9.47 Å². The van der Waals surface area contributed by atoms with Crippen LogP contribution in [0, 0.1) is 13.8 Å². The van der Waals surface area contributed by atoms with Crippen LogP contribution in [0.4, 0.5) is 0 Å². The van der Waals surface area contributed by atoms with Crippen molar-refractivity contribution in [2.24, 2.45) is 0 Å². The first-order valence-corrected chi connectivity index (χ1v) is 10.2. The van der Waals surface area contributed by atoms with Crippen LogP contribution in [0.25, 0.3) is 20.2 Å². The van der Waals surface area contributed by atoms with Gasteiger partial charge in [-0.3, -0.25) is 9.59 Å². The lowest BCUT2D eigenvalue weighted by Crippen LogP contribution is -1.81. The number of thiophene rings is 2. The molecule has 0 unspecified atom stereocenters. The molecule has 0 aliphatic heterocycles. The summed E-state index contributed by atoms with van der Waals surface area (Å²) in [5, 5.41) is 2.22. The Kier molecular flexibility index (Phi) is 6.11. The maximum atomic E-state index is 10.7. The van der Waals surface area contributed by atoms with E-state index in [2.05, 4.69) is 0 Å². The molecule has 144 valence electrons. The van der Waals surface area contributed by atoms with Crippen LogP contribution in [-0.2, 0) is 0 Å². The second kappa shape index (κ2) is 8.54. The zero-order valence-corrected chi connectivity index (χ0v) is 17.7. The molecule has 4 aromatic rings. The maximum absolute atomic E-state index is 10.7. The first-order valence-electron chi connectivity index (χ1n) is 8.57. The summed E-state index contributed by atoms with van der Waals surface area (Å²) < 4.78 is 12.5. The van der Waals surface area contributed by atoms with Gasteiger partial charge in [0.2, 0.25) is 0 Å². The van der Waals surface area contributed by atoms with Gasteiger partial charge in [0, 0.05) is 9.40 Å². The molecular formula is C22H20O4S2. The summed E-state index contributed by atoms with van der Waals surface area (Å²) >= 11 is 3.04. The highest BCUT2D eigenvalue weighted by Crippen LogP contribution is 2.33. The van der Waals surface area contributed by atoms with E-state index in [4.69, 9.17) is 9.47 Å². The van der Waals surface area contributed by atoms with Crippen molar-refractivity contribution < 1.29 is 19.1 Å². The van der Waals surface area contributed by atoms with Gasteiger partial charge >= 0.3 is 0 Å². The lowest BCUT2D eigenvalue weighted by molar-refractivity contribution is 0.111. The molecule has 0 aliphatic rings. The van der Waals surface area contributed by atoms with Crippen molar-refractivity contribution >= 4 is 55.4 Å². The summed E-state index contributed by atoms with van der Waals surface area (Å²) in [7, 11) is 3.28. The third-order valence-electron chi connectivity index (χ3n) is 4.57. The Morgan fingerprint density at radius 3 is 1.43 bits per heavy atom. The van der Waals surface area contributed by atoms with E-state index in [1.54, 1.807) is 14.2 Å². The van der Waals surface area contributed by atoms with Crippen LogP contribution in [0.2, 0.25) is 0 Å². The molecule has 0 saturated heterocycles. The van der Waals surface area contributed by atoms with Gasteiger partial charge in [-0.15, -0.1) is 22.7 Å². The molecule has 0 bridgehead atoms. The van der Waals surface area contributed by atoms with E-state index in [0.717, 1.165) is 65.1 Å². The van der Waals surface area contributed by atoms with Crippen LogP contribution in [0.5, 0.6) is 11.5 Å². The van der Waals surface area contributed by atoms with Gasteiger partial charge in [-0.05, 0) is 72.1 Å². The molecule has 28 heavy (non-hydrogen) atoms. The van der Waals surface area contributed by atoms with E-state index in [9.17, 15) is 9.59 Å². The van der Waals surface area contributed by atoms with Gasteiger partial charge in [-0.2, -0.15) is 0 Å². The number of aldehydes is 2. The smallest absolute Gasteiger partial charge is 0.160 e. The molecule has 0 fully saturated rings. The third-order valence-corrected chi connectivity index (χ3v) is 6.97. The van der Waals surface area contributed by atoms with Crippen molar-refractivity contribution in [2.75, 3.05) is 14.2 Å². The van der Waals surface area contributed by atoms with E-state index in [1.165, 1.54) is 22.7 Å². The van der Waals surface area contributed by atoms with E-state index < -0.39 is 0 Å². The number of carbonyl (C=O) groups is 2. The Balaban J connectivity index is 0.000000161. The topological polar surface area (TPSA) is 52.6 Å². The number of aryl methyl sites for hydroxylation is 2. The first kappa shape index (κ1) is 20.0. The minimum Gasteiger partial charge on any atom is -0.497 e. The lowest BCUT2D eigenvalue weighted by Gasteiger charge is -1.98. The molecule has 0 spiro atoms. The van der Waals surface area contributed by atoms with Gasteiger partial charge in [0.15, 0.2) is 12.6 Å². The van der Waals surface area contributed by atoms with Crippen LogP contribution in [0.1, 0.15) is 30.5 Å². The molecule has 0 radical (unpaired) electrons. The summed E-state index contributed by atoms with van der Waals surface area (Å²) in [5.74, 6) is 1.66. The summed E-state index contributed by atoms with van der Waals surface area (Å²) in [5.41, 5.74) is 2.08. The van der Waals surface area contributed by atoms with Crippen LogP contribution >= 0.6 is 22.7 Å². The van der Waals surface area contributed by atoms with E-state index in [1.807, 2.05) is 50.2 Å². The molecule has 0 aliphatic carbocycles. The highest BCUT2D eigenvalue weighted by Gasteiger charge is 2.08. The number of hydrogen-bond donors (Lipinski definition) is 0. The van der Waals surface area contributed by atoms with Gasteiger partial charge in [-0.1, -0.05) is 0 Å². The molecule has 0 atom stereocenters. The highest BCUT2D eigenvalue weighted by atomic mass is 32.1. The van der Waals surface area contributed by atoms with Crippen molar-refractivity contribution in [2.45, 2.75) is 13.8 Å². The summed E-state index contributed by atoms with van der Waals surface area (Å²) in [6.07, 6.45) is 1.82. The molecule has 4 nitrogen and oxygen atoms in total. The number of methoxy groups -OCH3 is 2. The van der Waals surface area contributed by atoms with Crippen molar-refractivity contribution in [1.82, 2.24) is 0 Å². The first-order chi connectivity index (χ1) is 13.5. The summed E-state index contributed by atoms with van der Waals surface area (Å²) in [6, 6.07) is 11.7. The average molecular weight is 413 g/mol. The molecule has 4 rings (SSSR count). The molecule has 0 N–H and O–H groups in total. The van der Waals surface area contributed by atoms with Gasteiger partial charge in [0.05, 0.1) is 24.0 Å². The molecular weight excluding hydrogens is 392 g/mol. The second-order valence-corrected chi connectivity index (χ2v) is 8.31. The Morgan fingerprint density at radius 1 is 0.714 bits per heavy atom. The Morgan fingerprint density at radius 2 is 1.11 bits per heavy atom. The normalized spacial score (nSPS) is 10.4. The quantitative estimate of drug-likeness (QED) is 0.382. The molecule has 0 amide bonds. The number of carbonyl (C=O) groups excluding carboxylic acids is 2. The number of benzene rings is 2. The second-order valence-electron chi connectivity index (χ2n) is 6.14. The van der Waals surface area contributed by atoms with E-state index in [0.29, 0.717) is 0 Å². The fourth-order valence-electron chi connectivity index (χ4n) is 2.92. The number of hydrogen-bond acceptors (Lipinski definition) is 6. The van der Waals surface area contributed by atoms with Crippen molar-refractivity contribution in [1.29, 1.82) is 0 Å². The van der Waals surface area contributed by atoms with Gasteiger partial charge in [-0.25, -0.2) is 0 Å². The monoisotopic (exact) mass is 412 g/mol. The van der Waals surface area contributed by atoms with Crippen LogP contribution in [-0.4, -0.2) is 26.8 Å². The SMILES string of the molecule is COc1ccc2sc(C=O)c(C)c2c1.COc1ccc2sc(C=O)c(C)c2c1. The van der Waals surface area contributed by atoms with Gasteiger partial charge < -0.3 is 9.47 Å². The maximum Gasteiger partial charge on any atom is 0.160 e. The highest BCUT2D eigenvalue weighted by molar-refractivity contribution is 7.21. The zero-order chi connectivity index (χ0) is 20.3. The molecule has 2 aromatic carbocycles.